The molecular weight excluding hydrogens is 400 g/mol. The Balaban J connectivity index is 0.000000728. The highest BCUT2D eigenvalue weighted by Crippen LogP contribution is 2.53. The zero-order valence-corrected chi connectivity index (χ0v) is 20.8. The molecule has 0 bridgehead atoms. The van der Waals surface area contributed by atoms with Gasteiger partial charge in [0.05, 0.1) is 22.7 Å². The maximum Gasteiger partial charge on any atom is 0.0703 e. The molecule has 0 aromatic heterocycles. The maximum absolute atomic E-state index is 2.37. The number of fused-ring (bicyclic) bond motifs is 2. The molecule has 4 aromatic carbocycles. The Bertz CT molecular complexity index is 1100. The molecule has 5 rings (SSSR count). The summed E-state index contributed by atoms with van der Waals surface area (Å²) in [7, 11) is 0. The molecule has 1 aliphatic heterocycles. The van der Waals surface area contributed by atoms with Crippen molar-refractivity contribution in [2.45, 2.75) is 48.0 Å². The van der Waals surface area contributed by atoms with Crippen molar-refractivity contribution in [3.8, 4) is 0 Å². The predicted molar refractivity (Wildman–Crippen MR) is 146 cm³/mol. The second kappa shape index (κ2) is 11.4. The molecule has 1 aliphatic rings. The van der Waals surface area contributed by atoms with Gasteiger partial charge >= 0.3 is 0 Å². The number of hydrogen-bond donors (Lipinski definition) is 0. The Labute approximate surface area is 200 Å². The van der Waals surface area contributed by atoms with Crippen molar-refractivity contribution >= 4 is 34.1 Å². The second-order valence-electron chi connectivity index (χ2n) is 7.50. The summed E-state index contributed by atoms with van der Waals surface area (Å²) in [5, 5.41) is 0. The van der Waals surface area contributed by atoms with Gasteiger partial charge in [-0.2, -0.15) is 0 Å². The Hall–Kier alpha value is -3.52. The summed E-state index contributed by atoms with van der Waals surface area (Å²) in [5.41, 5.74) is 9.75. The molecule has 0 N–H and O–H groups in total. The summed E-state index contributed by atoms with van der Waals surface area (Å²) >= 11 is 0. The van der Waals surface area contributed by atoms with Crippen LogP contribution in [0.25, 0.3) is 0 Å². The van der Waals surface area contributed by atoms with Crippen molar-refractivity contribution in [2.75, 3.05) is 9.80 Å². The molecule has 0 fully saturated rings. The van der Waals surface area contributed by atoms with Crippen LogP contribution in [-0.4, -0.2) is 0 Å². The van der Waals surface area contributed by atoms with Crippen LogP contribution in [0.5, 0.6) is 0 Å². The molecule has 0 atom stereocenters. The van der Waals surface area contributed by atoms with Crippen LogP contribution in [0.4, 0.5) is 34.1 Å². The Kier molecular flexibility index (Phi) is 8.32. The number of nitrogens with zero attached hydrogens (tertiary/aromatic N) is 2. The first-order chi connectivity index (χ1) is 16.3. The first kappa shape index (κ1) is 24.1. The van der Waals surface area contributed by atoms with E-state index in [1.54, 1.807) is 0 Å². The lowest BCUT2D eigenvalue weighted by Gasteiger charge is -2.40. The lowest BCUT2D eigenvalue weighted by atomic mass is 10.0. The zero-order valence-electron chi connectivity index (χ0n) is 20.8. The van der Waals surface area contributed by atoms with Gasteiger partial charge in [0.25, 0.3) is 0 Å². The lowest BCUT2D eigenvalue weighted by Crippen LogP contribution is -2.23. The van der Waals surface area contributed by atoms with Gasteiger partial charge < -0.3 is 9.80 Å². The van der Waals surface area contributed by atoms with E-state index < -0.39 is 0 Å². The first-order valence-corrected chi connectivity index (χ1v) is 12.2. The van der Waals surface area contributed by atoms with Gasteiger partial charge in [0.2, 0.25) is 0 Å². The third kappa shape index (κ3) is 4.80. The molecule has 0 saturated heterocycles. The van der Waals surface area contributed by atoms with Crippen molar-refractivity contribution in [3.63, 3.8) is 0 Å². The van der Waals surface area contributed by atoms with Gasteiger partial charge in [0.1, 0.15) is 0 Å². The summed E-state index contributed by atoms with van der Waals surface area (Å²) in [6.07, 6.45) is 1.05. The quantitative estimate of drug-likeness (QED) is 0.277. The van der Waals surface area contributed by atoms with Crippen molar-refractivity contribution in [1.29, 1.82) is 0 Å². The van der Waals surface area contributed by atoms with Gasteiger partial charge in [-0.1, -0.05) is 88.7 Å². The molecule has 0 spiro atoms. The van der Waals surface area contributed by atoms with Gasteiger partial charge in [0, 0.05) is 11.4 Å². The molecule has 0 amide bonds. The fourth-order valence-electron chi connectivity index (χ4n) is 4.08. The third-order valence-corrected chi connectivity index (χ3v) is 5.62. The number of para-hydroxylation sites is 4. The highest BCUT2D eigenvalue weighted by atomic mass is 15.3. The Morgan fingerprint density at radius 3 is 1.15 bits per heavy atom. The first-order valence-electron chi connectivity index (χ1n) is 12.2. The predicted octanol–water partition coefficient (Wildman–Crippen LogP) is 9.86. The molecule has 2 nitrogen and oxygen atoms in total. The van der Waals surface area contributed by atoms with Crippen molar-refractivity contribution in [3.05, 3.63) is 108 Å². The Morgan fingerprint density at radius 1 is 0.485 bits per heavy atom. The smallest absolute Gasteiger partial charge is 0.0703 e. The van der Waals surface area contributed by atoms with Crippen molar-refractivity contribution in [2.24, 2.45) is 0 Å². The minimum atomic E-state index is 1.05. The average molecular weight is 437 g/mol. The molecule has 0 radical (unpaired) electrons. The highest BCUT2D eigenvalue weighted by molar-refractivity contribution is 6.01. The second-order valence-corrected chi connectivity index (χ2v) is 7.50. The molecule has 2 heteroatoms. The van der Waals surface area contributed by atoms with Gasteiger partial charge in [0.15, 0.2) is 0 Å². The molecular formula is C31H36N2. The van der Waals surface area contributed by atoms with E-state index in [1.165, 1.54) is 45.3 Å². The fourth-order valence-corrected chi connectivity index (χ4v) is 4.08. The molecule has 0 aliphatic carbocycles. The number of anilines is 6. The average Bonchev–Trinajstić information content (AvgIpc) is 2.90. The van der Waals surface area contributed by atoms with Crippen LogP contribution >= 0.6 is 0 Å². The van der Waals surface area contributed by atoms with Gasteiger partial charge in [-0.25, -0.2) is 0 Å². The van der Waals surface area contributed by atoms with E-state index in [1.807, 2.05) is 27.7 Å². The molecule has 33 heavy (non-hydrogen) atoms. The van der Waals surface area contributed by atoms with Gasteiger partial charge in [-0.05, 0) is 67.4 Å². The summed E-state index contributed by atoms with van der Waals surface area (Å²) in [5.74, 6) is 0. The highest BCUT2D eigenvalue weighted by Gasteiger charge is 2.29. The van der Waals surface area contributed by atoms with Crippen molar-refractivity contribution in [1.82, 2.24) is 0 Å². The van der Waals surface area contributed by atoms with E-state index in [0.717, 1.165) is 6.42 Å². The lowest BCUT2D eigenvalue weighted by molar-refractivity contribution is 1.13. The van der Waals surface area contributed by atoms with Gasteiger partial charge in [-0.15, -0.1) is 0 Å². The number of aryl methyl sites for hydroxylation is 2. The van der Waals surface area contributed by atoms with Crippen LogP contribution in [-0.2, 0) is 6.42 Å². The maximum atomic E-state index is 2.37. The van der Waals surface area contributed by atoms with Crippen LogP contribution in [0.1, 0.15) is 45.7 Å². The van der Waals surface area contributed by atoms with Crippen molar-refractivity contribution < 1.29 is 0 Å². The monoisotopic (exact) mass is 436 g/mol. The summed E-state index contributed by atoms with van der Waals surface area (Å²) < 4.78 is 0. The van der Waals surface area contributed by atoms with Crippen LogP contribution < -0.4 is 9.80 Å². The van der Waals surface area contributed by atoms with Crippen LogP contribution in [0.15, 0.2) is 97.1 Å². The number of benzene rings is 4. The van der Waals surface area contributed by atoms with E-state index in [2.05, 4.69) is 121 Å². The standard InChI is InChI=1S/C27H24N2.2C2H6/c1-3-21-14-18-23(19-15-21)29-26-10-6-4-8-24(26)28(22-16-12-20(2)13-17-22)25-9-5-7-11-27(25)29;2*1-2/h4-19H,3H2,1-2H3;2*1-2H3. The molecule has 0 unspecified atom stereocenters. The van der Waals surface area contributed by atoms with E-state index in [4.69, 9.17) is 0 Å². The number of hydrogen-bond acceptors (Lipinski definition) is 2. The molecule has 0 saturated carbocycles. The normalized spacial score (nSPS) is 11.3. The summed E-state index contributed by atoms with van der Waals surface area (Å²) in [6, 6.07) is 35.0. The zero-order chi connectivity index (χ0) is 23.8. The fraction of sp³-hybridized carbons (Fsp3) is 0.226. The Morgan fingerprint density at radius 2 is 0.818 bits per heavy atom. The van der Waals surface area contributed by atoms with Crippen LogP contribution in [0.2, 0.25) is 0 Å². The van der Waals surface area contributed by atoms with E-state index >= 15 is 0 Å². The summed E-state index contributed by atoms with van der Waals surface area (Å²) in [6.45, 7) is 12.3. The van der Waals surface area contributed by atoms with E-state index in [0.29, 0.717) is 0 Å². The molecule has 1 heterocycles. The minimum absolute atomic E-state index is 1.05. The topological polar surface area (TPSA) is 6.48 Å². The summed E-state index contributed by atoms with van der Waals surface area (Å²) in [4.78, 5) is 4.73. The number of rotatable bonds is 3. The minimum Gasteiger partial charge on any atom is -0.306 e. The SMILES string of the molecule is CC.CC.CCc1ccc(N2c3ccccc3N(c3ccc(C)cc3)c3ccccc32)cc1. The van der Waals surface area contributed by atoms with Gasteiger partial charge in [-0.3, -0.25) is 0 Å². The molecule has 170 valence electrons. The van der Waals surface area contributed by atoms with E-state index in [9.17, 15) is 0 Å². The molecule has 4 aromatic rings. The largest absolute Gasteiger partial charge is 0.306 e. The third-order valence-electron chi connectivity index (χ3n) is 5.62. The van der Waals surface area contributed by atoms with Crippen LogP contribution in [0.3, 0.4) is 0 Å². The van der Waals surface area contributed by atoms with E-state index in [-0.39, 0.29) is 0 Å². The van der Waals surface area contributed by atoms with Crippen LogP contribution in [0, 0.1) is 6.92 Å².